The summed E-state index contributed by atoms with van der Waals surface area (Å²) >= 11 is 0. The molecule has 0 atom stereocenters. The van der Waals surface area contributed by atoms with Gasteiger partial charge in [0.1, 0.15) is 11.2 Å². The molecule has 2 aliphatic carbocycles. The van der Waals surface area contributed by atoms with Gasteiger partial charge in [0.15, 0.2) is 11.2 Å². The van der Waals surface area contributed by atoms with E-state index in [0.29, 0.717) is 0 Å². The summed E-state index contributed by atoms with van der Waals surface area (Å²) in [7, 11) is 0. The first-order valence-corrected chi connectivity index (χ1v) is 28.6. The molecule has 0 N–H and O–H groups in total. The van der Waals surface area contributed by atoms with Gasteiger partial charge in [0, 0.05) is 66.0 Å². The molecule has 4 nitrogen and oxygen atoms in total. The van der Waals surface area contributed by atoms with Gasteiger partial charge in [-0.3, -0.25) is 0 Å². The van der Waals surface area contributed by atoms with Crippen LogP contribution in [0.3, 0.4) is 0 Å². The second kappa shape index (κ2) is 17.8. The zero-order valence-electron chi connectivity index (χ0n) is 46.8. The van der Waals surface area contributed by atoms with Crippen LogP contribution in [0.1, 0.15) is 61.1 Å². The maximum atomic E-state index is 7.14. The average Bonchev–Trinajstić information content (AvgIpc) is 1.85. The van der Waals surface area contributed by atoms with E-state index < -0.39 is 0 Å². The van der Waals surface area contributed by atoms with E-state index in [1.54, 1.807) is 0 Å². The molecular formula is C78H58N2O2. The lowest BCUT2D eigenvalue weighted by Crippen LogP contribution is -2.25. The largest absolute Gasteiger partial charge is 0.453 e. The third kappa shape index (κ3) is 7.04. The van der Waals surface area contributed by atoms with Gasteiger partial charge in [-0.25, -0.2) is 0 Å². The van der Waals surface area contributed by atoms with Crippen molar-refractivity contribution in [1.29, 1.82) is 0 Å². The van der Waals surface area contributed by atoms with Crippen molar-refractivity contribution in [3.8, 4) is 44.5 Å². The van der Waals surface area contributed by atoms with E-state index in [2.05, 4.69) is 294 Å². The van der Waals surface area contributed by atoms with Gasteiger partial charge in [-0.05, 0) is 142 Å². The van der Waals surface area contributed by atoms with E-state index in [1.807, 2.05) is 0 Å². The van der Waals surface area contributed by atoms with E-state index in [0.717, 1.165) is 100 Å². The Labute approximate surface area is 477 Å². The summed E-state index contributed by atoms with van der Waals surface area (Å²) in [5.41, 5.74) is 26.5. The van der Waals surface area contributed by atoms with Gasteiger partial charge < -0.3 is 18.6 Å². The standard InChI is InChI=1S/C78H58N2O2/c1-47-32-36-51(37-33-47)79(70-30-16-26-60-58-24-13-22-54(73(58)81-75(60)70)49-18-9-7-10-19-49)53-40-41-56-63-45-68-64(46-67(63)78(5,6)66(56)44-53)57-42-43-69(62-28-15-29-65(72(57)62)77(68,3)4)80(52-38-34-48(2)35-39-52)71-31-17-27-61-59-25-14-23-55(74(59)82-76(61)71)50-20-11-8-12-21-50/h7-46H,1-6H3. The molecular weight excluding hydrogens is 997 g/mol. The minimum absolute atomic E-state index is 0.321. The molecule has 14 aromatic rings. The first-order chi connectivity index (χ1) is 40.0. The number of fused-ring (bicyclic) bond motifs is 11. The molecule has 0 unspecified atom stereocenters. The third-order valence-corrected chi connectivity index (χ3v) is 18.2. The first kappa shape index (κ1) is 48.0. The Morgan fingerprint density at radius 3 is 1.27 bits per heavy atom. The monoisotopic (exact) mass is 1050 g/mol. The van der Waals surface area contributed by atoms with Crippen molar-refractivity contribution in [3.05, 3.63) is 276 Å². The van der Waals surface area contributed by atoms with E-state index in [9.17, 15) is 0 Å². The lowest BCUT2D eigenvalue weighted by atomic mass is 9.67. The average molecular weight is 1060 g/mol. The van der Waals surface area contributed by atoms with Crippen LogP contribution in [0.2, 0.25) is 0 Å². The molecule has 0 bridgehead atoms. The SMILES string of the molecule is Cc1ccc(N(c2ccc3c(c2)C(C)(C)c2cc4c(cc2-3)C(C)(C)c2cccc3c(N(c5ccc(C)cc5)c5cccc6c5oc5c(-c7ccccc7)cccc56)ccc-4c23)c2cccc3c2oc2c(-c4ccccc4)cccc23)cc1. The fourth-order valence-electron chi connectivity index (χ4n) is 14.0. The van der Waals surface area contributed by atoms with Gasteiger partial charge >= 0.3 is 0 Å². The molecule has 82 heavy (non-hydrogen) atoms. The topological polar surface area (TPSA) is 32.8 Å². The van der Waals surface area contributed by atoms with Crippen LogP contribution in [0.25, 0.3) is 99.2 Å². The number of para-hydroxylation sites is 4. The van der Waals surface area contributed by atoms with Crippen molar-refractivity contribution in [2.24, 2.45) is 0 Å². The van der Waals surface area contributed by atoms with Gasteiger partial charge in [-0.1, -0.05) is 215 Å². The number of nitrogens with zero attached hydrogens (tertiary/aromatic N) is 2. The second-order valence-electron chi connectivity index (χ2n) is 23.7. The van der Waals surface area contributed by atoms with Gasteiger partial charge in [0.2, 0.25) is 0 Å². The molecule has 0 spiro atoms. The van der Waals surface area contributed by atoms with Crippen LogP contribution in [-0.2, 0) is 10.8 Å². The summed E-state index contributed by atoms with van der Waals surface area (Å²) in [6.45, 7) is 14.0. The molecule has 0 radical (unpaired) electrons. The summed E-state index contributed by atoms with van der Waals surface area (Å²) in [6, 6.07) is 89.0. The van der Waals surface area contributed by atoms with Crippen molar-refractivity contribution in [1.82, 2.24) is 0 Å². The van der Waals surface area contributed by atoms with E-state index >= 15 is 0 Å². The number of hydrogen-bond acceptors (Lipinski definition) is 4. The van der Waals surface area contributed by atoms with E-state index in [4.69, 9.17) is 8.83 Å². The van der Waals surface area contributed by atoms with Crippen molar-refractivity contribution in [2.75, 3.05) is 9.80 Å². The van der Waals surface area contributed by atoms with E-state index in [-0.39, 0.29) is 10.8 Å². The number of benzene rings is 12. The molecule has 12 aromatic carbocycles. The summed E-state index contributed by atoms with van der Waals surface area (Å²) in [5, 5.41) is 6.89. The Bertz CT molecular complexity index is 4930. The number of rotatable bonds is 8. The van der Waals surface area contributed by atoms with Crippen molar-refractivity contribution in [3.63, 3.8) is 0 Å². The molecule has 2 aromatic heterocycles. The van der Waals surface area contributed by atoms with Crippen molar-refractivity contribution < 1.29 is 8.83 Å². The molecule has 2 aliphatic rings. The van der Waals surface area contributed by atoms with Crippen LogP contribution >= 0.6 is 0 Å². The Morgan fingerprint density at radius 1 is 0.280 bits per heavy atom. The molecule has 16 rings (SSSR count). The molecule has 0 saturated heterocycles. The molecule has 4 heteroatoms. The predicted molar refractivity (Wildman–Crippen MR) is 343 cm³/mol. The van der Waals surface area contributed by atoms with Crippen LogP contribution in [0, 0.1) is 13.8 Å². The normalized spacial score (nSPS) is 13.7. The second-order valence-corrected chi connectivity index (χ2v) is 23.7. The summed E-state index contributed by atoms with van der Waals surface area (Å²) in [4.78, 5) is 4.82. The smallest absolute Gasteiger partial charge is 0.159 e. The van der Waals surface area contributed by atoms with Gasteiger partial charge in [-0.2, -0.15) is 0 Å². The minimum Gasteiger partial charge on any atom is -0.453 e. The minimum atomic E-state index is -0.322. The molecule has 0 fully saturated rings. The highest BCUT2D eigenvalue weighted by Crippen LogP contribution is 2.58. The third-order valence-electron chi connectivity index (χ3n) is 18.2. The summed E-state index contributed by atoms with van der Waals surface area (Å²) in [6.07, 6.45) is 0. The highest BCUT2D eigenvalue weighted by molar-refractivity contribution is 6.17. The zero-order chi connectivity index (χ0) is 55.2. The van der Waals surface area contributed by atoms with Crippen LogP contribution < -0.4 is 9.80 Å². The van der Waals surface area contributed by atoms with Crippen molar-refractivity contribution in [2.45, 2.75) is 52.4 Å². The predicted octanol–water partition coefficient (Wildman–Crippen LogP) is 22.1. The Hall–Kier alpha value is -9.90. The maximum absolute atomic E-state index is 7.14. The lowest BCUT2D eigenvalue weighted by Gasteiger charge is -2.37. The Balaban J connectivity index is 0.845. The number of furan rings is 2. The number of hydrogen-bond donors (Lipinski definition) is 0. The van der Waals surface area contributed by atoms with Gasteiger partial charge in [0.25, 0.3) is 0 Å². The van der Waals surface area contributed by atoms with Gasteiger partial charge in [-0.15, -0.1) is 0 Å². The van der Waals surface area contributed by atoms with Gasteiger partial charge in [0.05, 0.1) is 17.1 Å². The van der Waals surface area contributed by atoms with Crippen LogP contribution in [0.5, 0.6) is 0 Å². The first-order valence-electron chi connectivity index (χ1n) is 28.6. The zero-order valence-corrected chi connectivity index (χ0v) is 46.8. The van der Waals surface area contributed by atoms with Crippen LogP contribution in [0.15, 0.2) is 251 Å². The lowest BCUT2D eigenvalue weighted by molar-refractivity contribution is 0.639. The quantitative estimate of drug-likeness (QED) is 0.152. The molecule has 2 heterocycles. The molecule has 0 aliphatic heterocycles. The fourth-order valence-corrected chi connectivity index (χ4v) is 14.0. The number of aryl methyl sites for hydroxylation is 2. The van der Waals surface area contributed by atoms with Crippen LogP contribution in [0.4, 0.5) is 34.1 Å². The van der Waals surface area contributed by atoms with Crippen molar-refractivity contribution >= 4 is 88.8 Å². The molecule has 0 amide bonds. The number of anilines is 6. The fraction of sp³-hybridized carbons (Fsp3) is 0.103. The van der Waals surface area contributed by atoms with Crippen LogP contribution in [-0.4, -0.2) is 0 Å². The molecule has 0 saturated carbocycles. The summed E-state index contributed by atoms with van der Waals surface area (Å²) < 4.78 is 14.2. The highest BCUT2D eigenvalue weighted by Gasteiger charge is 2.41. The maximum Gasteiger partial charge on any atom is 0.159 e. The summed E-state index contributed by atoms with van der Waals surface area (Å²) in [5.74, 6) is 0. The highest BCUT2D eigenvalue weighted by atomic mass is 16.3. The Morgan fingerprint density at radius 2 is 0.707 bits per heavy atom. The molecule has 392 valence electrons. The van der Waals surface area contributed by atoms with E-state index in [1.165, 1.54) is 66.4 Å². The Kier molecular flexibility index (Phi) is 10.4.